The second-order valence-electron chi connectivity index (χ2n) is 7.47. The molecule has 5 rings (SSSR count). The van der Waals surface area contributed by atoms with Crippen LogP contribution in [0.4, 0.5) is 0 Å². The van der Waals surface area contributed by atoms with Crippen LogP contribution in [0.2, 0.25) is 0 Å². The predicted octanol–water partition coefficient (Wildman–Crippen LogP) is 4.54. The van der Waals surface area contributed by atoms with Crippen molar-refractivity contribution in [2.24, 2.45) is 47.3 Å². The van der Waals surface area contributed by atoms with Crippen molar-refractivity contribution >= 4 is 45.2 Å². The van der Waals surface area contributed by atoms with Gasteiger partial charge in [0, 0.05) is 7.85 Å². The van der Waals surface area contributed by atoms with Gasteiger partial charge in [-0.3, -0.25) is 0 Å². The van der Waals surface area contributed by atoms with E-state index in [4.69, 9.17) is 0 Å². The summed E-state index contributed by atoms with van der Waals surface area (Å²) in [5.74, 6) is 9.40. The van der Waals surface area contributed by atoms with Gasteiger partial charge in [-0.1, -0.05) is 45.2 Å². The maximum Gasteiger partial charge on any atom is 0.0154 e. The van der Waals surface area contributed by atoms with Gasteiger partial charge < -0.3 is 0 Å². The van der Waals surface area contributed by atoms with Crippen molar-refractivity contribution in [3.8, 4) is 0 Å². The molecule has 0 aromatic carbocycles. The van der Waals surface area contributed by atoms with E-state index in [9.17, 15) is 0 Å². The molecule has 0 N–H and O–H groups in total. The smallest absolute Gasteiger partial charge is 0.0154 e. The molecule has 0 aromatic rings. The van der Waals surface area contributed by atoms with Gasteiger partial charge in [-0.2, -0.15) is 0 Å². The van der Waals surface area contributed by atoms with E-state index in [1.54, 1.807) is 25.7 Å². The molecule has 10 unspecified atom stereocenters. The average Bonchev–Trinajstić information content (AvgIpc) is 3.03. The number of hydrogen-bond acceptors (Lipinski definition) is 0. The first-order valence-corrected chi connectivity index (χ1v) is 10.0. The Kier molecular flexibility index (Phi) is 2.34. The van der Waals surface area contributed by atoms with Crippen molar-refractivity contribution in [1.82, 2.24) is 0 Å². The van der Waals surface area contributed by atoms with Gasteiger partial charge in [0.2, 0.25) is 0 Å². The summed E-state index contributed by atoms with van der Waals surface area (Å²) in [6, 6.07) is 0. The zero-order valence-corrected chi connectivity index (χ0v) is 14.4. The van der Waals surface area contributed by atoms with Crippen LogP contribution < -0.4 is 0 Å². The van der Waals surface area contributed by atoms with Crippen molar-refractivity contribution in [1.29, 1.82) is 0 Å². The largest absolute Gasteiger partial charge is 0.0823 e. The first-order chi connectivity index (χ1) is 8.25. The van der Waals surface area contributed by atoms with Crippen LogP contribution in [0.1, 0.15) is 32.1 Å². The maximum atomic E-state index is 2.80. The summed E-state index contributed by atoms with van der Waals surface area (Å²) in [7, 11) is 0. The second-order valence-corrected chi connectivity index (χ2v) is 10.7. The molecule has 0 radical (unpaired) electrons. The SMILES string of the molecule is IC1CC(I)C2C3CC(C12)C1C2CCC(C2)C31. The molecule has 5 fully saturated rings. The maximum absolute atomic E-state index is 2.80. The number of halogens is 2. The molecule has 0 amide bonds. The highest BCUT2D eigenvalue weighted by Crippen LogP contribution is 2.73. The minimum Gasteiger partial charge on any atom is -0.0823 e. The van der Waals surface area contributed by atoms with Crippen LogP contribution >= 0.6 is 45.2 Å². The monoisotopic (exact) mass is 454 g/mol. The van der Waals surface area contributed by atoms with Gasteiger partial charge >= 0.3 is 0 Å². The van der Waals surface area contributed by atoms with E-state index in [2.05, 4.69) is 45.2 Å². The fraction of sp³-hybridized carbons (Fsp3) is 1.00. The van der Waals surface area contributed by atoms with Gasteiger partial charge in [0.1, 0.15) is 0 Å². The number of rotatable bonds is 0. The molecule has 0 nitrogen and oxygen atoms in total. The molecule has 10 atom stereocenters. The van der Waals surface area contributed by atoms with E-state index in [0.29, 0.717) is 0 Å². The third kappa shape index (κ3) is 1.22. The Morgan fingerprint density at radius 2 is 1.12 bits per heavy atom. The third-order valence-electron chi connectivity index (χ3n) is 7.30. The van der Waals surface area contributed by atoms with Crippen molar-refractivity contribution in [2.45, 2.75) is 40.0 Å². The molecule has 0 saturated heterocycles. The molecule has 0 spiro atoms. The molecule has 5 saturated carbocycles. The highest BCUT2D eigenvalue weighted by atomic mass is 127. The Balaban J connectivity index is 1.57. The fourth-order valence-corrected chi connectivity index (χ4v) is 11.3. The molecular formula is C15H20I2. The minimum atomic E-state index is 1.02. The van der Waals surface area contributed by atoms with Crippen molar-refractivity contribution < 1.29 is 0 Å². The van der Waals surface area contributed by atoms with Crippen LogP contribution in [0.3, 0.4) is 0 Å². The lowest BCUT2D eigenvalue weighted by Crippen LogP contribution is -2.39. The molecule has 4 bridgehead atoms. The molecule has 94 valence electrons. The summed E-state index contributed by atoms with van der Waals surface area (Å²) in [6.45, 7) is 0. The average molecular weight is 454 g/mol. The highest BCUT2D eigenvalue weighted by molar-refractivity contribution is 14.1. The lowest BCUT2D eigenvalue weighted by Gasteiger charge is -2.42. The van der Waals surface area contributed by atoms with Gasteiger partial charge in [-0.05, 0) is 79.4 Å². The Labute approximate surface area is 131 Å². The highest BCUT2D eigenvalue weighted by Gasteiger charge is 2.68. The number of fused-ring (bicyclic) bond motifs is 12. The van der Waals surface area contributed by atoms with E-state index in [1.165, 1.54) is 41.9 Å². The van der Waals surface area contributed by atoms with Gasteiger partial charge in [0.15, 0.2) is 0 Å². The van der Waals surface area contributed by atoms with E-state index in [-0.39, 0.29) is 0 Å². The molecule has 5 aliphatic carbocycles. The van der Waals surface area contributed by atoms with Crippen LogP contribution in [0.15, 0.2) is 0 Å². The van der Waals surface area contributed by atoms with Crippen LogP contribution in [0.25, 0.3) is 0 Å². The predicted molar refractivity (Wildman–Crippen MR) is 86.6 cm³/mol. The summed E-state index contributed by atoms with van der Waals surface area (Å²) in [4.78, 5) is 0. The lowest BCUT2D eigenvalue weighted by atomic mass is 9.64. The van der Waals surface area contributed by atoms with E-state index in [0.717, 1.165) is 19.7 Å². The Bertz CT molecular complexity index is 328. The van der Waals surface area contributed by atoms with Gasteiger partial charge in [0.05, 0.1) is 0 Å². The molecule has 0 aromatic heterocycles. The normalized spacial score (nSPS) is 70.9. The second kappa shape index (κ2) is 3.56. The van der Waals surface area contributed by atoms with Crippen molar-refractivity contribution in [3.05, 3.63) is 0 Å². The van der Waals surface area contributed by atoms with Crippen LogP contribution in [-0.2, 0) is 0 Å². The summed E-state index contributed by atoms with van der Waals surface area (Å²) in [5, 5.41) is 0. The minimum absolute atomic E-state index is 1.02. The number of alkyl halides is 2. The van der Waals surface area contributed by atoms with Gasteiger partial charge in [-0.25, -0.2) is 0 Å². The molecular weight excluding hydrogens is 434 g/mol. The van der Waals surface area contributed by atoms with E-state index in [1.807, 2.05) is 0 Å². The molecule has 5 aliphatic rings. The van der Waals surface area contributed by atoms with Crippen molar-refractivity contribution in [3.63, 3.8) is 0 Å². The number of hydrogen-bond donors (Lipinski definition) is 0. The third-order valence-corrected chi connectivity index (χ3v) is 9.98. The summed E-state index contributed by atoms with van der Waals surface area (Å²) in [5.41, 5.74) is 0. The van der Waals surface area contributed by atoms with E-state index >= 15 is 0 Å². The topological polar surface area (TPSA) is 0 Å². The van der Waals surface area contributed by atoms with Crippen LogP contribution in [0.5, 0.6) is 0 Å². The molecule has 2 heteroatoms. The fourth-order valence-electron chi connectivity index (χ4n) is 7.23. The van der Waals surface area contributed by atoms with Gasteiger partial charge in [0.25, 0.3) is 0 Å². The first-order valence-electron chi connectivity index (χ1n) is 7.54. The molecule has 0 heterocycles. The first kappa shape index (κ1) is 11.2. The van der Waals surface area contributed by atoms with E-state index < -0.39 is 0 Å². The Morgan fingerprint density at radius 3 is 1.65 bits per heavy atom. The van der Waals surface area contributed by atoms with Crippen molar-refractivity contribution in [2.75, 3.05) is 0 Å². The van der Waals surface area contributed by atoms with Gasteiger partial charge in [-0.15, -0.1) is 0 Å². The molecule has 17 heavy (non-hydrogen) atoms. The summed E-state index contributed by atoms with van der Waals surface area (Å²) < 4.78 is 2.05. The zero-order valence-electron chi connectivity index (χ0n) is 10.1. The van der Waals surface area contributed by atoms with Crippen LogP contribution in [-0.4, -0.2) is 7.85 Å². The quantitative estimate of drug-likeness (QED) is 0.287. The van der Waals surface area contributed by atoms with Crippen LogP contribution in [0, 0.1) is 47.3 Å². The Morgan fingerprint density at radius 1 is 0.588 bits per heavy atom. The lowest BCUT2D eigenvalue weighted by molar-refractivity contribution is 0.0770. The zero-order chi connectivity index (χ0) is 11.3. The Hall–Kier alpha value is 1.46. The standard InChI is InChI=1S/C15H20I2/c16-10-5-11(17)15-9-4-8(14(10)15)12-6-1-2-7(3-6)13(9)12/h6-15H,1-5H2. The summed E-state index contributed by atoms with van der Waals surface area (Å²) >= 11 is 5.61. The molecule has 0 aliphatic heterocycles. The summed E-state index contributed by atoms with van der Waals surface area (Å²) in [6.07, 6.45) is 8.02.